The first-order valence-corrected chi connectivity index (χ1v) is 6.45. The van der Waals surface area contributed by atoms with Crippen LogP contribution >= 0.6 is 0 Å². The van der Waals surface area contributed by atoms with Gasteiger partial charge in [0.1, 0.15) is 11.5 Å². The highest BCUT2D eigenvalue weighted by Crippen LogP contribution is 2.10. The number of nitrogens with zero attached hydrogens (tertiary/aromatic N) is 1. The summed E-state index contributed by atoms with van der Waals surface area (Å²) < 4.78 is 5.31. The molecule has 0 heterocycles. The van der Waals surface area contributed by atoms with E-state index in [-0.39, 0.29) is 18.3 Å². The zero-order valence-corrected chi connectivity index (χ0v) is 11.6. The van der Waals surface area contributed by atoms with E-state index in [0.717, 1.165) is 5.56 Å². The number of amides is 1. The van der Waals surface area contributed by atoms with Gasteiger partial charge in [0, 0.05) is 0 Å². The number of hydrazone groups is 1. The summed E-state index contributed by atoms with van der Waals surface area (Å²) in [5, 5.41) is 13.2. The van der Waals surface area contributed by atoms with Crippen molar-refractivity contribution in [2.75, 3.05) is 6.61 Å². The van der Waals surface area contributed by atoms with Crippen LogP contribution in [-0.4, -0.2) is 23.3 Å². The minimum Gasteiger partial charge on any atom is -0.508 e. The number of nitrogens with one attached hydrogen (secondary N) is 1. The molecule has 0 bridgehead atoms. The Morgan fingerprint density at radius 1 is 1.14 bits per heavy atom. The van der Waals surface area contributed by atoms with E-state index in [2.05, 4.69) is 10.5 Å². The number of benzene rings is 2. The van der Waals surface area contributed by atoms with Crippen molar-refractivity contribution in [1.82, 2.24) is 5.43 Å². The predicted molar refractivity (Wildman–Crippen MR) is 80.4 cm³/mol. The molecular formula is C16H16N2O3. The van der Waals surface area contributed by atoms with Gasteiger partial charge in [-0.3, -0.25) is 4.79 Å². The average Bonchev–Trinajstić information content (AvgIpc) is 2.52. The Bertz CT molecular complexity index is 622. The molecule has 5 heteroatoms. The minimum absolute atomic E-state index is 0.101. The number of hydrogen-bond donors (Lipinski definition) is 2. The molecule has 0 aliphatic rings. The molecule has 2 rings (SSSR count). The van der Waals surface area contributed by atoms with Gasteiger partial charge in [0.25, 0.3) is 5.91 Å². The number of aromatic hydroxyl groups is 1. The molecular weight excluding hydrogens is 268 g/mol. The van der Waals surface area contributed by atoms with Gasteiger partial charge in [0.2, 0.25) is 0 Å². The fourth-order valence-electron chi connectivity index (χ4n) is 1.61. The summed E-state index contributed by atoms with van der Waals surface area (Å²) in [6.45, 7) is 1.67. The first kappa shape index (κ1) is 14.6. The number of phenolic OH excluding ortho intramolecular Hbond substituents is 1. The number of ether oxygens (including phenoxy) is 1. The lowest BCUT2D eigenvalue weighted by molar-refractivity contribution is -0.123. The van der Waals surface area contributed by atoms with E-state index in [9.17, 15) is 9.90 Å². The van der Waals surface area contributed by atoms with E-state index in [1.54, 1.807) is 43.3 Å². The van der Waals surface area contributed by atoms with Crippen molar-refractivity contribution in [3.05, 3.63) is 60.2 Å². The highest BCUT2D eigenvalue weighted by molar-refractivity contribution is 5.99. The van der Waals surface area contributed by atoms with Crippen LogP contribution < -0.4 is 10.2 Å². The van der Waals surface area contributed by atoms with Crippen LogP contribution in [0.5, 0.6) is 11.5 Å². The zero-order valence-electron chi connectivity index (χ0n) is 11.6. The van der Waals surface area contributed by atoms with Gasteiger partial charge in [-0.1, -0.05) is 18.2 Å². The Balaban J connectivity index is 1.85. The van der Waals surface area contributed by atoms with Crippen LogP contribution in [0.15, 0.2) is 59.7 Å². The second-order valence-corrected chi connectivity index (χ2v) is 4.38. The third kappa shape index (κ3) is 4.65. The van der Waals surface area contributed by atoms with E-state index in [1.807, 2.05) is 18.2 Å². The van der Waals surface area contributed by atoms with Gasteiger partial charge < -0.3 is 9.84 Å². The molecule has 0 unspecified atom stereocenters. The molecule has 0 aromatic heterocycles. The van der Waals surface area contributed by atoms with Gasteiger partial charge in [-0.15, -0.1) is 0 Å². The number of para-hydroxylation sites is 1. The molecule has 0 radical (unpaired) electrons. The summed E-state index contributed by atoms with van der Waals surface area (Å²) in [4.78, 5) is 11.6. The number of phenols is 1. The quantitative estimate of drug-likeness (QED) is 0.654. The normalized spacial score (nSPS) is 11.0. The molecule has 5 nitrogen and oxygen atoms in total. The van der Waals surface area contributed by atoms with Crippen molar-refractivity contribution >= 4 is 11.6 Å². The lowest BCUT2D eigenvalue weighted by atomic mass is 10.1. The zero-order chi connectivity index (χ0) is 15.1. The van der Waals surface area contributed by atoms with E-state index in [1.165, 1.54) is 0 Å². The maximum Gasteiger partial charge on any atom is 0.277 e. The number of rotatable bonds is 5. The first-order valence-electron chi connectivity index (χ1n) is 6.45. The highest BCUT2D eigenvalue weighted by Gasteiger charge is 2.02. The summed E-state index contributed by atoms with van der Waals surface area (Å²) in [5.41, 5.74) is 3.89. The summed E-state index contributed by atoms with van der Waals surface area (Å²) in [7, 11) is 0. The largest absolute Gasteiger partial charge is 0.508 e. The highest BCUT2D eigenvalue weighted by atomic mass is 16.5. The van der Waals surface area contributed by atoms with Crippen molar-refractivity contribution in [2.45, 2.75) is 6.92 Å². The second-order valence-electron chi connectivity index (χ2n) is 4.38. The molecule has 21 heavy (non-hydrogen) atoms. The molecule has 0 fully saturated rings. The summed E-state index contributed by atoms with van der Waals surface area (Å²) >= 11 is 0. The van der Waals surface area contributed by atoms with Gasteiger partial charge >= 0.3 is 0 Å². The van der Waals surface area contributed by atoms with Gasteiger partial charge in [-0.25, -0.2) is 5.43 Å². The minimum atomic E-state index is -0.336. The Labute approximate surface area is 122 Å². The number of carbonyl (C=O) groups is 1. The van der Waals surface area contributed by atoms with Crippen LogP contribution in [0, 0.1) is 0 Å². The monoisotopic (exact) mass is 284 g/mol. The molecule has 2 N–H and O–H groups in total. The van der Waals surface area contributed by atoms with E-state index in [4.69, 9.17) is 4.74 Å². The van der Waals surface area contributed by atoms with Crippen LogP contribution in [0.1, 0.15) is 12.5 Å². The second kappa shape index (κ2) is 7.09. The van der Waals surface area contributed by atoms with Crippen molar-refractivity contribution in [3.8, 4) is 11.5 Å². The lowest BCUT2D eigenvalue weighted by Crippen LogP contribution is -2.25. The van der Waals surface area contributed by atoms with Gasteiger partial charge in [0.15, 0.2) is 6.61 Å². The third-order valence-corrected chi connectivity index (χ3v) is 2.75. The Morgan fingerprint density at radius 3 is 2.48 bits per heavy atom. The van der Waals surface area contributed by atoms with Crippen molar-refractivity contribution < 1.29 is 14.6 Å². The smallest absolute Gasteiger partial charge is 0.277 e. The maximum atomic E-state index is 11.6. The molecule has 0 aliphatic heterocycles. The fourth-order valence-corrected chi connectivity index (χ4v) is 1.61. The topological polar surface area (TPSA) is 70.9 Å². The molecule has 2 aromatic carbocycles. The average molecular weight is 284 g/mol. The van der Waals surface area contributed by atoms with Gasteiger partial charge in [-0.05, 0) is 48.9 Å². The van der Waals surface area contributed by atoms with E-state index < -0.39 is 0 Å². The summed E-state index contributed by atoms with van der Waals surface area (Å²) in [6.07, 6.45) is 0. The first-order chi connectivity index (χ1) is 10.1. The number of hydrogen-bond acceptors (Lipinski definition) is 4. The molecule has 0 atom stereocenters. The van der Waals surface area contributed by atoms with Crippen LogP contribution in [0.4, 0.5) is 0 Å². The van der Waals surface area contributed by atoms with Gasteiger partial charge in [0.05, 0.1) is 5.71 Å². The standard InChI is InChI=1S/C16H16N2O3/c1-12(13-7-9-14(19)10-8-13)17-18-16(20)11-21-15-5-3-2-4-6-15/h2-10,19H,11H2,1H3,(H,18,20). The van der Waals surface area contributed by atoms with Gasteiger partial charge in [-0.2, -0.15) is 5.10 Å². The molecule has 0 spiro atoms. The molecule has 2 aromatic rings. The maximum absolute atomic E-state index is 11.6. The molecule has 0 aliphatic carbocycles. The van der Waals surface area contributed by atoms with Crippen LogP contribution in [0.25, 0.3) is 0 Å². The fraction of sp³-hybridized carbons (Fsp3) is 0.125. The molecule has 0 saturated heterocycles. The summed E-state index contributed by atoms with van der Waals surface area (Å²) in [5.74, 6) is 0.482. The number of carbonyl (C=O) groups excluding carboxylic acids is 1. The Hall–Kier alpha value is -2.82. The Morgan fingerprint density at radius 2 is 1.81 bits per heavy atom. The Kier molecular flexibility index (Phi) is 4.93. The van der Waals surface area contributed by atoms with Crippen LogP contribution in [0.3, 0.4) is 0 Å². The predicted octanol–water partition coefficient (Wildman–Crippen LogP) is 2.31. The van der Waals surface area contributed by atoms with Crippen molar-refractivity contribution in [3.63, 3.8) is 0 Å². The van der Waals surface area contributed by atoms with Crippen LogP contribution in [0.2, 0.25) is 0 Å². The van der Waals surface area contributed by atoms with Crippen LogP contribution in [-0.2, 0) is 4.79 Å². The van der Waals surface area contributed by atoms with E-state index in [0.29, 0.717) is 11.5 Å². The van der Waals surface area contributed by atoms with E-state index >= 15 is 0 Å². The summed E-state index contributed by atoms with van der Waals surface area (Å²) in [6, 6.07) is 15.7. The lowest BCUT2D eigenvalue weighted by Gasteiger charge is -2.05. The third-order valence-electron chi connectivity index (χ3n) is 2.75. The molecule has 108 valence electrons. The molecule has 0 saturated carbocycles. The van der Waals surface area contributed by atoms with Crippen molar-refractivity contribution in [2.24, 2.45) is 5.10 Å². The molecule has 1 amide bonds. The SMILES string of the molecule is CC(=NNC(=O)COc1ccccc1)c1ccc(O)cc1. The van der Waals surface area contributed by atoms with Crippen molar-refractivity contribution in [1.29, 1.82) is 0 Å².